The van der Waals surface area contributed by atoms with Gasteiger partial charge in [0.15, 0.2) is 4.90 Å². The first-order valence-electron chi connectivity index (χ1n) is 11.4. The van der Waals surface area contributed by atoms with Crippen molar-refractivity contribution in [2.24, 2.45) is 0 Å². The van der Waals surface area contributed by atoms with Crippen molar-refractivity contribution >= 4 is 32.5 Å². The van der Waals surface area contributed by atoms with Crippen LogP contribution in [0, 0.1) is 10.1 Å². The van der Waals surface area contributed by atoms with Crippen LogP contribution in [0.5, 0.6) is 0 Å². The number of ether oxygens (including phenoxy) is 1. The molecule has 4 rings (SSSR count). The van der Waals surface area contributed by atoms with Gasteiger partial charge in [-0.15, -0.1) is 0 Å². The van der Waals surface area contributed by atoms with Crippen LogP contribution in [-0.2, 0) is 26.0 Å². The maximum Gasteiger partial charge on any atom is 0.321 e. The number of carbonyl (C=O) groups is 1. The number of nitro groups is 1. The van der Waals surface area contributed by atoms with E-state index in [-0.39, 0.29) is 32.7 Å². The SMILES string of the molecule is COCC1CN(C(Cc2ccc3ccccc3c2)C(=O)O)CCN1S(=O)(=O)c1ccccc1[N+](=O)[O-]. The van der Waals surface area contributed by atoms with E-state index in [9.17, 15) is 28.4 Å². The van der Waals surface area contributed by atoms with Crippen molar-refractivity contribution in [1.29, 1.82) is 0 Å². The molecule has 11 heteroatoms. The molecule has 1 fully saturated rings. The van der Waals surface area contributed by atoms with Gasteiger partial charge in [0.1, 0.15) is 6.04 Å². The van der Waals surface area contributed by atoms with E-state index >= 15 is 0 Å². The van der Waals surface area contributed by atoms with Gasteiger partial charge >= 0.3 is 5.97 Å². The topological polar surface area (TPSA) is 130 Å². The van der Waals surface area contributed by atoms with Gasteiger partial charge in [0, 0.05) is 32.8 Å². The van der Waals surface area contributed by atoms with Crippen LogP contribution in [0.25, 0.3) is 10.8 Å². The highest BCUT2D eigenvalue weighted by molar-refractivity contribution is 7.89. The molecule has 0 spiro atoms. The second-order valence-corrected chi connectivity index (χ2v) is 10.5. The van der Waals surface area contributed by atoms with Crippen LogP contribution in [0.1, 0.15) is 5.56 Å². The number of carboxylic acids is 1. The van der Waals surface area contributed by atoms with E-state index in [1.54, 1.807) is 4.90 Å². The van der Waals surface area contributed by atoms with E-state index in [1.807, 2.05) is 42.5 Å². The van der Waals surface area contributed by atoms with Crippen molar-refractivity contribution in [2.75, 3.05) is 33.4 Å². The lowest BCUT2D eigenvalue weighted by molar-refractivity contribution is -0.387. The molecular weight excluding hydrogens is 486 g/mol. The Morgan fingerprint density at radius 1 is 1.11 bits per heavy atom. The Hall–Kier alpha value is -3.38. The molecule has 0 bridgehead atoms. The van der Waals surface area contributed by atoms with Gasteiger partial charge in [-0.05, 0) is 28.8 Å². The fourth-order valence-corrected chi connectivity index (χ4v) is 6.46. The Balaban J connectivity index is 1.59. The van der Waals surface area contributed by atoms with Gasteiger partial charge in [0.25, 0.3) is 5.69 Å². The molecule has 1 aliphatic rings. The third kappa shape index (κ3) is 5.24. The lowest BCUT2D eigenvalue weighted by Crippen LogP contribution is -2.60. The summed E-state index contributed by atoms with van der Waals surface area (Å²) in [5.41, 5.74) is 0.357. The number of hydrogen-bond acceptors (Lipinski definition) is 7. The average molecular weight is 514 g/mol. The minimum absolute atomic E-state index is 0.0126. The first-order chi connectivity index (χ1) is 17.2. The summed E-state index contributed by atoms with van der Waals surface area (Å²) in [5, 5.41) is 23.6. The molecule has 3 aromatic carbocycles. The maximum absolute atomic E-state index is 13.5. The molecule has 1 aliphatic heterocycles. The standard InChI is InChI=1S/C25H27N3O7S/c1-35-17-21-16-26(12-13-27(21)36(33,34)24-9-5-4-8-22(24)28(31)32)23(25(29)30)15-18-10-11-19-6-2-3-7-20(19)14-18/h2-11,14,21,23H,12-13,15-17H2,1H3,(H,29,30). The number of aliphatic carboxylic acids is 1. The van der Waals surface area contributed by atoms with Gasteiger partial charge in [-0.1, -0.05) is 54.6 Å². The summed E-state index contributed by atoms with van der Waals surface area (Å²) in [5.74, 6) is -1.01. The summed E-state index contributed by atoms with van der Waals surface area (Å²) in [6.45, 7) is 0.255. The van der Waals surface area contributed by atoms with Gasteiger partial charge in [-0.3, -0.25) is 19.8 Å². The highest BCUT2D eigenvalue weighted by Crippen LogP contribution is 2.30. The summed E-state index contributed by atoms with van der Waals surface area (Å²) in [4.78, 5) is 24.4. The molecule has 0 aliphatic carbocycles. The molecule has 1 N–H and O–H groups in total. The van der Waals surface area contributed by atoms with Crippen LogP contribution in [0.2, 0.25) is 0 Å². The maximum atomic E-state index is 13.5. The Bertz CT molecular complexity index is 1380. The first kappa shape index (κ1) is 25.7. The van der Waals surface area contributed by atoms with Crippen LogP contribution in [0.3, 0.4) is 0 Å². The molecule has 36 heavy (non-hydrogen) atoms. The van der Waals surface area contributed by atoms with Crippen molar-refractivity contribution in [3.05, 3.63) is 82.4 Å². The summed E-state index contributed by atoms with van der Waals surface area (Å²) in [6.07, 6.45) is 0.247. The van der Waals surface area contributed by atoms with Crippen molar-refractivity contribution in [3.63, 3.8) is 0 Å². The summed E-state index contributed by atoms with van der Waals surface area (Å²) >= 11 is 0. The van der Waals surface area contributed by atoms with E-state index in [2.05, 4.69) is 0 Å². The van der Waals surface area contributed by atoms with Crippen LogP contribution in [0.4, 0.5) is 5.69 Å². The Morgan fingerprint density at radius 2 is 1.81 bits per heavy atom. The van der Waals surface area contributed by atoms with Gasteiger partial charge in [-0.2, -0.15) is 4.31 Å². The number of rotatable bonds is 9. The highest BCUT2D eigenvalue weighted by atomic mass is 32.2. The number of benzene rings is 3. The van der Waals surface area contributed by atoms with Gasteiger partial charge < -0.3 is 9.84 Å². The number of methoxy groups -OCH3 is 1. The summed E-state index contributed by atoms with van der Waals surface area (Å²) < 4.78 is 33.4. The van der Waals surface area contributed by atoms with Gasteiger partial charge in [-0.25, -0.2) is 8.42 Å². The summed E-state index contributed by atoms with van der Waals surface area (Å²) in [6, 6.07) is 17.3. The lowest BCUT2D eigenvalue weighted by Gasteiger charge is -2.42. The zero-order chi connectivity index (χ0) is 25.9. The largest absolute Gasteiger partial charge is 0.480 e. The zero-order valence-corrected chi connectivity index (χ0v) is 20.5. The third-order valence-corrected chi connectivity index (χ3v) is 8.44. The van der Waals surface area contributed by atoms with E-state index in [4.69, 9.17) is 4.74 Å². The Morgan fingerprint density at radius 3 is 2.50 bits per heavy atom. The fourth-order valence-electron chi connectivity index (χ4n) is 4.70. The van der Waals surface area contributed by atoms with E-state index in [0.717, 1.165) is 22.4 Å². The monoisotopic (exact) mass is 513 g/mol. The molecule has 0 aromatic heterocycles. The number of fused-ring (bicyclic) bond motifs is 1. The minimum atomic E-state index is -4.22. The molecule has 3 aromatic rings. The number of carboxylic acid groups (broad SMARTS) is 1. The second-order valence-electron chi connectivity index (χ2n) is 8.68. The van der Waals surface area contributed by atoms with E-state index in [1.165, 1.54) is 29.6 Å². The van der Waals surface area contributed by atoms with E-state index < -0.39 is 43.6 Å². The van der Waals surface area contributed by atoms with Crippen LogP contribution in [-0.4, -0.2) is 79.1 Å². The minimum Gasteiger partial charge on any atom is -0.480 e. The predicted molar refractivity (Wildman–Crippen MR) is 133 cm³/mol. The van der Waals surface area contributed by atoms with Crippen molar-refractivity contribution < 1.29 is 28.0 Å². The molecule has 2 atom stereocenters. The first-order valence-corrected chi connectivity index (χ1v) is 12.8. The number of nitro benzene ring substituents is 1. The van der Waals surface area contributed by atoms with Gasteiger partial charge in [0.2, 0.25) is 10.0 Å². The zero-order valence-electron chi connectivity index (χ0n) is 19.7. The number of hydrogen-bond donors (Lipinski definition) is 1. The lowest BCUT2D eigenvalue weighted by atomic mass is 10.00. The third-order valence-electron chi connectivity index (χ3n) is 6.44. The number of sulfonamides is 1. The van der Waals surface area contributed by atoms with Crippen LogP contribution in [0.15, 0.2) is 71.6 Å². The molecule has 190 valence electrons. The number of para-hydroxylation sites is 1. The number of nitrogens with zero attached hydrogens (tertiary/aromatic N) is 3. The highest BCUT2D eigenvalue weighted by Gasteiger charge is 2.41. The van der Waals surface area contributed by atoms with Crippen molar-refractivity contribution in [1.82, 2.24) is 9.21 Å². The Kier molecular flexibility index (Phi) is 7.65. The fraction of sp³-hybridized carbons (Fsp3) is 0.320. The smallest absolute Gasteiger partial charge is 0.321 e. The number of piperazine rings is 1. The molecule has 2 unspecified atom stereocenters. The quantitative estimate of drug-likeness (QED) is 0.341. The molecular formula is C25H27N3O7S. The molecule has 1 heterocycles. The van der Waals surface area contributed by atoms with Crippen LogP contribution < -0.4 is 0 Å². The van der Waals surface area contributed by atoms with E-state index in [0.29, 0.717) is 0 Å². The Labute approximate surface area is 208 Å². The molecule has 1 saturated heterocycles. The van der Waals surface area contributed by atoms with Crippen LogP contribution >= 0.6 is 0 Å². The normalized spacial score (nSPS) is 18.2. The molecule has 0 radical (unpaired) electrons. The van der Waals surface area contributed by atoms with Gasteiger partial charge in [0.05, 0.1) is 17.6 Å². The van der Waals surface area contributed by atoms with Crippen molar-refractivity contribution in [3.8, 4) is 0 Å². The second kappa shape index (κ2) is 10.7. The molecule has 10 nitrogen and oxygen atoms in total. The predicted octanol–water partition coefficient (Wildman–Crippen LogP) is 2.77. The van der Waals surface area contributed by atoms with Crippen molar-refractivity contribution in [2.45, 2.75) is 23.4 Å². The molecule has 0 amide bonds. The average Bonchev–Trinajstić information content (AvgIpc) is 2.87. The molecule has 0 saturated carbocycles. The summed E-state index contributed by atoms with van der Waals surface area (Å²) in [7, 11) is -2.80.